The molecule has 3 aromatic rings. The Balaban J connectivity index is 1.57. The highest BCUT2D eigenvalue weighted by molar-refractivity contribution is 6.76. The predicted molar refractivity (Wildman–Crippen MR) is 211 cm³/mol. The molecule has 286 valence electrons. The molecule has 1 saturated heterocycles. The van der Waals surface area contributed by atoms with E-state index in [2.05, 4.69) is 81.5 Å². The minimum atomic E-state index is -2.00. The fourth-order valence-corrected chi connectivity index (χ4v) is 7.98. The quantitative estimate of drug-likeness (QED) is 0.0879. The molecule has 4 rings (SSSR count). The average molecular weight is 743 g/mol. The Hall–Kier alpha value is -2.49. The smallest absolute Gasteiger partial charge is 0.225 e. The largest absolute Gasteiger partial charge is 0.497 e. The third-order valence-electron chi connectivity index (χ3n) is 10.7. The Bertz CT molecular complexity index is 1570. The van der Waals surface area contributed by atoms with Crippen molar-refractivity contribution in [2.45, 2.75) is 149 Å². The number of rotatable bonds is 20. The van der Waals surface area contributed by atoms with E-state index in [1.165, 1.54) is 0 Å². The van der Waals surface area contributed by atoms with Crippen LogP contribution in [0.3, 0.4) is 0 Å². The van der Waals surface area contributed by atoms with E-state index in [1.54, 1.807) is 7.11 Å². The van der Waals surface area contributed by atoms with Gasteiger partial charge in [0, 0.05) is 43.9 Å². The summed E-state index contributed by atoms with van der Waals surface area (Å²) >= 11 is 0. The summed E-state index contributed by atoms with van der Waals surface area (Å²) in [7, 11) is -1.59. The van der Waals surface area contributed by atoms with E-state index in [1.807, 2.05) is 25.1 Å². The number of carbonyl (C=O) groups is 1. The number of aromatic amines is 1. The molecule has 1 aliphatic heterocycles. The van der Waals surface area contributed by atoms with Gasteiger partial charge in [-0.15, -0.1) is 0 Å². The van der Waals surface area contributed by atoms with Crippen molar-refractivity contribution in [2.24, 2.45) is 0 Å². The van der Waals surface area contributed by atoms with E-state index < -0.39 is 22.2 Å². The van der Waals surface area contributed by atoms with Gasteiger partial charge in [-0.05, 0) is 74.1 Å². The maximum Gasteiger partial charge on any atom is 0.225 e. The van der Waals surface area contributed by atoms with E-state index in [0.717, 1.165) is 84.0 Å². The van der Waals surface area contributed by atoms with Crippen molar-refractivity contribution in [2.75, 3.05) is 26.9 Å². The van der Waals surface area contributed by atoms with Crippen LogP contribution < -0.4 is 10.1 Å². The highest BCUT2D eigenvalue weighted by atomic mass is 28.4. The fraction of sp³-hybridized carbons (Fsp3) is 0.692. The number of carbonyl (C=O) groups excluding carboxylic acids is 1. The number of amides is 1. The number of benzene rings is 1. The van der Waals surface area contributed by atoms with Crippen molar-refractivity contribution >= 4 is 33.2 Å². The van der Waals surface area contributed by atoms with Crippen LogP contribution in [-0.2, 0) is 43.2 Å². The van der Waals surface area contributed by atoms with Crippen LogP contribution in [0.1, 0.15) is 95.0 Å². The van der Waals surface area contributed by atoms with Gasteiger partial charge < -0.3 is 38.2 Å². The molecule has 1 aromatic carbocycles. The molecule has 2 aromatic heterocycles. The highest BCUT2D eigenvalue weighted by Crippen LogP contribution is 2.37. The van der Waals surface area contributed by atoms with Gasteiger partial charge in [-0.1, -0.05) is 60.2 Å². The van der Waals surface area contributed by atoms with Crippen molar-refractivity contribution in [3.05, 3.63) is 47.2 Å². The minimum absolute atomic E-state index is 0.0437. The minimum Gasteiger partial charge on any atom is -0.497 e. The molecule has 0 bridgehead atoms. The van der Waals surface area contributed by atoms with E-state index in [9.17, 15) is 4.79 Å². The maximum atomic E-state index is 14.0. The number of H-pyrrole nitrogens is 1. The molecule has 0 spiro atoms. The molecule has 10 nitrogen and oxygen atoms in total. The number of nitrogens with one attached hydrogen (secondary N) is 2. The summed E-state index contributed by atoms with van der Waals surface area (Å²) < 4.78 is 32.4. The van der Waals surface area contributed by atoms with Gasteiger partial charge in [0.2, 0.25) is 5.91 Å². The van der Waals surface area contributed by atoms with Crippen LogP contribution in [0.25, 0.3) is 10.9 Å². The number of imidazole rings is 1. The summed E-state index contributed by atoms with van der Waals surface area (Å²) in [5.74, 6) is 1.09. The second-order valence-electron chi connectivity index (χ2n) is 17.0. The molecule has 3 heterocycles. The number of unbranched alkanes of at least 4 members (excludes halogenated alkanes) is 2. The van der Waals surface area contributed by atoms with Gasteiger partial charge in [0.1, 0.15) is 18.3 Å². The molecule has 12 heteroatoms. The standard InChI is InChI=1S/C39H66N4O6Si2/c1-12-39(47-20-21-48-39)19-15-13-14-16-35(42-36(44)25-32-29(2)40-34-18-17-31(45-6)24-33(32)34)37-41-30(27-49-51(10,11)38(3,4)5)26-43(37)28-46-22-23-50(7,8)9/h17-18,24,26,35,40H,12-16,19-23,25,27-28H2,1-11H3,(H,42,44). The van der Waals surface area contributed by atoms with Gasteiger partial charge in [-0.25, -0.2) is 4.98 Å². The summed E-state index contributed by atoms with van der Waals surface area (Å²) in [6.45, 7) is 25.3. The molecular formula is C39H66N4O6Si2. The summed E-state index contributed by atoms with van der Waals surface area (Å²) in [5, 5.41) is 4.50. The SMILES string of the molecule is CCC1(CCCCCC(NC(=O)Cc2c(C)[nH]c3ccc(OC)cc23)c2nc(CO[Si](C)(C)C(C)(C)C)cn2COCC[Si](C)(C)C)OCCO1. The van der Waals surface area contributed by atoms with Crippen molar-refractivity contribution in [1.29, 1.82) is 0 Å². The van der Waals surface area contributed by atoms with Gasteiger partial charge in [-0.3, -0.25) is 4.79 Å². The molecule has 1 atom stereocenters. The predicted octanol–water partition coefficient (Wildman–Crippen LogP) is 9.02. The van der Waals surface area contributed by atoms with Gasteiger partial charge >= 0.3 is 0 Å². The molecule has 0 radical (unpaired) electrons. The Morgan fingerprint density at radius 3 is 2.49 bits per heavy atom. The van der Waals surface area contributed by atoms with E-state index >= 15 is 0 Å². The van der Waals surface area contributed by atoms with Crippen LogP contribution >= 0.6 is 0 Å². The lowest BCUT2D eigenvalue weighted by Gasteiger charge is -2.35. The molecule has 51 heavy (non-hydrogen) atoms. The zero-order chi connectivity index (χ0) is 37.5. The normalized spacial score (nSPS) is 15.8. The van der Waals surface area contributed by atoms with Crippen LogP contribution in [0.5, 0.6) is 5.75 Å². The second kappa shape index (κ2) is 17.6. The maximum absolute atomic E-state index is 14.0. The topological polar surface area (TPSA) is 109 Å². The number of fused-ring (bicyclic) bond motifs is 1. The molecule has 1 aliphatic rings. The first-order chi connectivity index (χ1) is 24.0. The summed E-state index contributed by atoms with van der Waals surface area (Å²) in [6, 6.07) is 6.73. The number of hydrogen-bond donors (Lipinski definition) is 2. The Kier molecular flexibility index (Phi) is 14.2. The molecule has 0 aliphatic carbocycles. The van der Waals surface area contributed by atoms with E-state index in [4.69, 9.17) is 28.4 Å². The lowest BCUT2D eigenvalue weighted by molar-refractivity contribution is -0.164. The van der Waals surface area contributed by atoms with Crippen LogP contribution in [0.4, 0.5) is 0 Å². The number of ether oxygens (including phenoxy) is 4. The summed E-state index contributed by atoms with van der Waals surface area (Å²) in [4.78, 5) is 22.6. The molecule has 1 fully saturated rings. The second-order valence-corrected chi connectivity index (χ2v) is 27.4. The number of hydrogen-bond acceptors (Lipinski definition) is 7. The summed E-state index contributed by atoms with van der Waals surface area (Å²) in [5.41, 5.74) is 3.81. The van der Waals surface area contributed by atoms with Crippen molar-refractivity contribution in [1.82, 2.24) is 19.9 Å². The Morgan fingerprint density at radius 2 is 1.84 bits per heavy atom. The van der Waals surface area contributed by atoms with Gasteiger partial charge in [0.25, 0.3) is 0 Å². The third-order valence-corrected chi connectivity index (χ3v) is 16.9. The number of methoxy groups -OCH3 is 1. The first-order valence-corrected chi connectivity index (χ1v) is 25.6. The van der Waals surface area contributed by atoms with Crippen molar-refractivity contribution in [3.8, 4) is 5.75 Å². The Labute approximate surface area is 308 Å². The average Bonchev–Trinajstić information content (AvgIpc) is 3.78. The molecule has 1 amide bonds. The number of aromatic nitrogens is 3. The van der Waals surface area contributed by atoms with Crippen LogP contribution in [0.15, 0.2) is 24.4 Å². The molecule has 2 N–H and O–H groups in total. The third kappa shape index (κ3) is 11.5. The molecule has 0 saturated carbocycles. The van der Waals surface area contributed by atoms with Gasteiger partial charge in [0.15, 0.2) is 14.1 Å². The van der Waals surface area contributed by atoms with Crippen molar-refractivity contribution in [3.63, 3.8) is 0 Å². The molecule has 1 unspecified atom stereocenters. The molecular weight excluding hydrogens is 677 g/mol. The lowest BCUT2D eigenvalue weighted by atomic mass is 10.0. The van der Waals surface area contributed by atoms with Crippen molar-refractivity contribution < 1.29 is 28.2 Å². The van der Waals surface area contributed by atoms with Crippen LogP contribution in [-0.4, -0.2) is 69.6 Å². The number of nitrogens with zero attached hydrogens (tertiary/aromatic N) is 2. The van der Waals surface area contributed by atoms with Gasteiger partial charge in [0.05, 0.1) is 45.1 Å². The fourth-order valence-electron chi connectivity index (χ4n) is 6.28. The summed E-state index contributed by atoms with van der Waals surface area (Å²) in [6.07, 6.45) is 7.69. The van der Waals surface area contributed by atoms with E-state index in [-0.39, 0.29) is 23.4 Å². The monoisotopic (exact) mass is 742 g/mol. The highest BCUT2D eigenvalue weighted by Gasteiger charge is 2.37. The Morgan fingerprint density at radius 1 is 1.12 bits per heavy atom. The first-order valence-electron chi connectivity index (χ1n) is 19.0. The van der Waals surface area contributed by atoms with E-state index in [0.29, 0.717) is 33.2 Å². The lowest BCUT2D eigenvalue weighted by Crippen LogP contribution is -2.40. The van der Waals surface area contributed by atoms with Crippen LogP contribution in [0.2, 0.25) is 43.8 Å². The first kappa shape index (κ1) is 41.3. The zero-order valence-corrected chi connectivity index (χ0v) is 35.4. The zero-order valence-electron chi connectivity index (χ0n) is 33.4. The van der Waals surface area contributed by atoms with Crippen LogP contribution in [0, 0.1) is 6.92 Å². The van der Waals surface area contributed by atoms with Gasteiger partial charge in [-0.2, -0.15) is 0 Å². The number of aryl methyl sites for hydroxylation is 1.